The summed E-state index contributed by atoms with van der Waals surface area (Å²) in [6.07, 6.45) is 11.5. The van der Waals surface area contributed by atoms with Crippen LogP contribution in [0.25, 0.3) is 0 Å². The molecular formula is C24H32Na2O7S2. The van der Waals surface area contributed by atoms with E-state index >= 15 is 0 Å². The molecule has 0 radical (unpaired) electrons. The molecule has 11 heteroatoms. The van der Waals surface area contributed by atoms with Gasteiger partial charge in [0.15, 0.2) is 5.75 Å². The second-order valence-electron chi connectivity index (χ2n) is 8.18. The Morgan fingerprint density at radius 2 is 1.11 bits per heavy atom. The molecule has 0 fully saturated rings. The summed E-state index contributed by atoms with van der Waals surface area (Å²) in [5, 5.41) is 0. The van der Waals surface area contributed by atoms with E-state index in [4.69, 9.17) is 4.74 Å². The molecule has 0 aliphatic heterocycles. The summed E-state index contributed by atoms with van der Waals surface area (Å²) in [6.45, 7) is 2.19. The standard InChI is InChI=1S/C24H34O7S2.2Na/c1-2-3-4-5-6-7-8-9-10-12-15-20-18-22(32(25,26)27)24(23(19-20)33(28,29)30)31-21-16-13-11-14-17-21;;/h11,13-14,16-19H,2-10,12,15H2,1H3,(H,25,26,27)(H,28,29,30);;/q;2*+1/p-2. The van der Waals surface area contributed by atoms with Crippen molar-refractivity contribution in [1.82, 2.24) is 0 Å². The number of hydrogen-bond acceptors (Lipinski definition) is 7. The van der Waals surface area contributed by atoms with Crippen molar-refractivity contribution in [2.24, 2.45) is 0 Å². The van der Waals surface area contributed by atoms with E-state index in [9.17, 15) is 25.9 Å². The summed E-state index contributed by atoms with van der Waals surface area (Å²) in [5.41, 5.74) is 0.304. The molecule has 0 aliphatic carbocycles. The number of rotatable bonds is 15. The molecule has 2 aromatic rings. The Hall–Kier alpha value is 0.0600. The summed E-state index contributed by atoms with van der Waals surface area (Å²) >= 11 is 0. The van der Waals surface area contributed by atoms with Crippen molar-refractivity contribution >= 4 is 20.2 Å². The van der Waals surface area contributed by atoms with E-state index in [0.717, 1.165) is 31.4 Å². The van der Waals surface area contributed by atoms with Gasteiger partial charge >= 0.3 is 59.1 Å². The van der Waals surface area contributed by atoms with E-state index in [2.05, 4.69) is 6.92 Å². The molecule has 0 atom stereocenters. The molecule has 35 heavy (non-hydrogen) atoms. The van der Waals surface area contributed by atoms with Crippen LogP contribution in [0.3, 0.4) is 0 Å². The van der Waals surface area contributed by atoms with E-state index in [1.807, 2.05) is 0 Å². The maximum absolute atomic E-state index is 11.9. The summed E-state index contributed by atoms with van der Waals surface area (Å²) in [7, 11) is -10.2. The van der Waals surface area contributed by atoms with Crippen LogP contribution in [0, 0.1) is 0 Å². The number of hydrogen-bond donors (Lipinski definition) is 0. The molecule has 0 aromatic heterocycles. The molecule has 0 saturated carbocycles. The van der Waals surface area contributed by atoms with Gasteiger partial charge in [-0.05, 0) is 42.7 Å². The average molecular weight is 543 g/mol. The first kappa shape index (κ1) is 35.1. The molecule has 7 nitrogen and oxygen atoms in total. The number of aryl methyl sites for hydroxylation is 1. The van der Waals surface area contributed by atoms with Gasteiger partial charge in [-0.15, -0.1) is 0 Å². The molecular weight excluding hydrogens is 510 g/mol. The minimum atomic E-state index is -5.09. The third kappa shape index (κ3) is 12.9. The second-order valence-corrected chi connectivity index (χ2v) is 10.9. The van der Waals surface area contributed by atoms with Gasteiger partial charge in [0.25, 0.3) is 0 Å². The number of unbranched alkanes of at least 4 members (excludes halogenated alkanes) is 9. The van der Waals surface area contributed by atoms with Crippen LogP contribution >= 0.6 is 0 Å². The van der Waals surface area contributed by atoms with E-state index in [1.165, 1.54) is 50.7 Å². The molecule has 0 heterocycles. The SMILES string of the molecule is CCCCCCCCCCCCc1cc(S(=O)(=O)[O-])c(Oc2ccccc2)c(S(=O)(=O)[O-])c1.[Na+].[Na+]. The van der Waals surface area contributed by atoms with Gasteiger partial charge in [0.1, 0.15) is 26.0 Å². The third-order valence-electron chi connectivity index (χ3n) is 5.40. The van der Waals surface area contributed by atoms with Crippen LogP contribution in [0.4, 0.5) is 0 Å². The second kappa shape index (κ2) is 17.5. The van der Waals surface area contributed by atoms with Crippen molar-refractivity contribution in [2.75, 3.05) is 0 Å². The zero-order valence-corrected chi connectivity index (χ0v) is 26.6. The molecule has 2 aromatic carbocycles. The summed E-state index contributed by atoms with van der Waals surface area (Å²) in [6, 6.07) is 10.0. The first-order chi connectivity index (χ1) is 15.6. The minimum Gasteiger partial charge on any atom is -0.744 e. The van der Waals surface area contributed by atoms with Gasteiger partial charge in [-0.3, -0.25) is 0 Å². The maximum Gasteiger partial charge on any atom is 1.00 e. The minimum absolute atomic E-state index is 0. The van der Waals surface area contributed by atoms with E-state index in [-0.39, 0.29) is 64.9 Å². The number of para-hydroxylation sites is 1. The first-order valence-electron chi connectivity index (χ1n) is 11.4. The van der Waals surface area contributed by atoms with Crippen LogP contribution in [0.15, 0.2) is 52.3 Å². The third-order valence-corrected chi connectivity index (χ3v) is 7.09. The molecule has 0 unspecified atom stereocenters. The Balaban J connectivity index is 0.00000578. The van der Waals surface area contributed by atoms with Gasteiger partial charge < -0.3 is 13.8 Å². The number of benzene rings is 2. The summed E-state index contributed by atoms with van der Waals surface area (Å²) in [5.74, 6) is -0.646. The molecule has 0 aliphatic rings. The Kier molecular flexibility index (Phi) is 17.6. The van der Waals surface area contributed by atoms with Crippen LogP contribution in [-0.4, -0.2) is 25.9 Å². The van der Waals surface area contributed by atoms with Crippen molar-refractivity contribution in [3.63, 3.8) is 0 Å². The molecule has 0 bridgehead atoms. The topological polar surface area (TPSA) is 124 Å². The fourth-order valence-corrected chi connectivity index (χ4v) is 5.08. The van der Waals surface area contributed by atoms with Crippen LogP contribution < -0.4 is 63.9 Å². The predicted molar refractivity (Wildman–Crippen MR) is 124 cm³/mol. The Bertz CT molecular complexity index is 1040. The van der Waals surface area contributed by atoms with Crippen molar-refractivity contribution in [1.29, 1.82) is 0 Å². The predicted octanol–water partition coefficient (Wildman–Crippen LogP) is -0.241. The zero-order chi connectivity index (χ0) is 24.3. The monoisotopic (exact) mass is 542 g/mol. The molecule has 0 amide bonds. The smallest absolute Gasteiger partial charge is 0.744 e. The molecule has 0 N–H and O–H groups in total. The zero-order valence-electron chi connectivity index (χ0n) is 21.0. The normalized spacial score (nSPS) is 11.4. The Morgan fingerprint density at radius 3 is 1.54 bits per heavy atom. The van der Waals surface area contributed by atoms with Gasteiger partial charge in [0, 0.05) is 0 Å². The van der Waals surface area contributed by atoms with Gasteiger partial charge in [0.05, 0.1) is 9.79 Å². The summed E-state index contributed by atoms with van der Waals surface area (Å²) < 4.78 is 76.7. The van der Waals surface area contributed by atoms with E-state index < -0.39 is 35.8 Å². The van der Waals surface area contributed by atoms with E-state index in [1.54, 1.807) is 18.2 Å². The van der Waals surface area contributed by atoms with Crippen molar-refractivity contribution in [3.8, 4) is 11.5 Å². The molecule has 2 rings (SSSR count). The van der Waals surface area contributed by atoms with E-state index in [0.29, 0.717) is 18.4 Å². The van der Waals surface area contributed by atoms with Crippen LogP contribution in [0.2, 0.25) is 0 Å². The number of ether oxygens (including phenoxy) is 1. The molecule has 0 saturated heterocycles. The van der Waals surface area contributed by atoms with Gasteiger partial charge in [0.2, 0.25) is 0 Å². The van der Waals surface area contributed by atoms with Gasteiger partial charge in [-0.25, -0.2) is 16.8 Å². The Morgan fingerprint density at radius 1 is 0.686 bits per heavy atom. The van der Waals surface area contributed by atoms with Gasteiger partial charge in [-0.2, -0.15) is 0 Å². The van der Waals surface area contributed by atoms with Crippen molar-refractivity contribution in [3.05, 3.63) is 48.0 Å². The largest absolute Gasteiger partial charge is 1.00 e. The fourth-order valence-electron chi connectivity index (χ4n) is 3.67. The van der Waals surface area contributed by atoms with Crippen molar-refractivity contribution < 1.29 is 89.8 Å². The summed E-state index contributed by atoms with van der Waals surface area (Å²) in [4.78, 5) is -1.68. The fraction of sp³-hybridized carbons (Fsp3) is 0.500. The molecule has 0 spiro atoms. The molecule has 184 valence electrons. The van der Waals surface area contributed by atoms with Crippen LogP contribution in [0.5, 0.6) is 11.5 Å². The Labute approximate surface area is 254 Å². The van der Waals surface area contributed by atoms with Gasteiger partial charge in [-0.1, -0.05) is 82.9 Å². The van der Waals surface area contributed by atoms with Crippen molar-refractivity contribution in [2.45, 2.75) is 87.3 Å². The van der Waals surface area contributed by atoms with Crippen LogP contribution in [-0.2, 0) is 26.7 Å². The first-order valence-corrected chi connectivity index (χ1v) is 14.3. The quantitative estimate of drug-likeness (QED) is 0.173. The maximum atomic E-state index is 11.9. The van der Waals surface area contributed by atoms with Crippen LogP contribution in [0.1, 0.15) is 76.7 Å². The average Bonchev–Trinajstić information content (AvgIpc) is 2.75.